The van der Waals surface area contributed by atoms with Crippen LogP contribution < -0.4 is 10.1 Å². The van der Waals surface area contributed by atoms with Crippen LogP contribution in [-0.2, 0) is 24.3 Å². The van der Waals surface area contributed by atoms with E-state index in [1.54, 1.807) is 7.11 Å². The minimum absolute atomic E-state index is 0.0343. The number of fused-ring (bicyclic) bond motifs is 1. The predicted octanol–water partition coefficient (Wildman–Crippen LogP) is 3.95. The SMILES string of the molecule is COc1ccc(Cc2nc3ccccc3n2CC(=O)NCc2ccccc2)cc1. The van der Waals surface area contributed by atoms with E-state index >= 15 is 0 Å². The van der Waals surface area contributed by atoms with Gasteiger partial charge in [0, 0.05) is 13.0 Å². The molecule has 1 aromatic heterocycles. The number of amides is 1. The summed E-state index contributed by atoms with van der Waals surface area (Å²) in [5.74, 6) is 1.65. The molecule has 1 heterocycles. The number of ether oxygens (including phenoxy) is 1. The summed E-state index contributed by atoms with van der Waals surface area (Å²) in [6, 6.07) is 25.8. The fourth-order valence-corrected chi connectivity index (χ4v) is 3.36. The van der Waals surface area contributed by atoms with Crippen LogP contribution in [0.5, 0.6) is 5.75 Å². The number of carbonyl (C=O) groups excluding carboxylic acids is 1. The maximum absolute atomic E-state index is 12.6. The highest BCUT2D eigenvalue weighted by Crippen LogP contribution is 2.20. The first-order chi connectivity index (χ1) is 14.2. The molecule has 0 aliphatic heterocycles. The van der Waals surface area contributed by atoms with Gasteiger partial charge in [-0.3, -0.25) is 4.79 Å². The molecule has 4 aromatic rings. The lowest BCUT2D eigenvalue weighted by atomic mass is 10.1. The molecule has 1 N–H and O–H groups in total. The summed E-state index contributed by atoms with van der Waals surface area (Å²) in [5.41, 5.74) is 4.06. The molecule has 5 nitrogen and oxygen atoms in total. The molecule has 0 fully saturated rings. The van der Waals surface area contributed by atoms with E-state index in [1.807, 2.05) is 83.4 Å². The van der Waals surface area contributed by atoms with Crippen LogP contribution in [-0.4, -0.2) is 22.6 Å². The Bertz CT molecular complexity index is 1100. The summed E-state index contributed by atoms with van der Waals surface area (Å²) in [5, 5.41) is 3.00. The number of aromatic nitrogens is 2. The van der Waals surface area contributed by atoms with Gasteiger partial charge in [-0.2, -0.15) is 0 Å². The van der Waals surface area contributed by atoms with E-state index in [9.17, 15) is 4.79 Å². The zero-order chi connectivity index (χ0) is 20.1. The average molecular weight is 385 g/mol. The van der Waals surface area contributed by atoms with Crippen molar-refractivity contribution in [1.82, 2.24) is 14.9 Å². The molecule has 0 radical (unpaired) electrons. The van der Waals surface area contributed by atoms with Gasteiger partial charge in [0.25, 0.3) is 0 Å². The van der Waals surface area contributed by atoms with Crippen molar-refractivity contribution in [3.05, 3.63) is 95.8 Å². The number of nitrogens with one attached hydrogen (secondary N) is 1. The standard InChI is InChI=1S/C24H23N3O2/c1-29-20-13-11-18(12-14-20)15-23-26-21-9-5-6-10-22(21)27(23)17-24(28)25-16-19-7-3-2-4-8-19/h2-14H,15-17H2,1H3,(H,25,28). The smallest absolute Gasteiger partial charge is 0.240 e. The van der Waals surface area contributed by atoms with Gasteiger partial charge < -0.3 is 14.6 Å². The summed E-state index contributed by atoms with van der Waals surface area (Å²) in [6.45, 7) is 0.749. The van der Waals surface area contributed by atoms with Crippen molar-refractivity contribution in [1.29, 1.82) is 0 Å². The van der Waals surface area contributed by atoms with Crippen LogP contribution >= 0.6 is 0 Å². The molecule has 0 aliphatic carbocycles. The van der Waals surface area contributed by atoms with Gasteiger partial charge in [0.05, 0.1) is 18.1 Å². The Balaban J connectivity index is 1.55. The van der Waals surface area contributed by atoms with E-state index in [1.165, 1.54) is 0 Å². The minimum Gasteiger partial charge on any atom is -0.497 e. The molecule has 0 saturated heterocycles. The Labute approximate surface area is 170 Å². The van der Waals surface area contributed by atoms with Crippen molar-refractivity contribution in [2.75, 3.05) is 7.11 Å². The third kappa shape index (κ3) is 4.46. The first-order valence-corrected chi connectivity index (χ1v) is 9.60. The van der Waals surface area contributed by atoms with Crippen molar-refractivity contribution in [2.45, 2.75) is 19.5 Å². The third-order valence-corrected chi connectivity index (χ3v) is 4.89. The third-order valence-electron chi connectivity index (χ3n) is 4.89. The summed E-state index contributed by atoms with van der Waals surface area (Å²) in [4.78, 5) is 17.4. The number of methoxy groups -OCH3 is 1. The molecular weight excluding hydrogens is 362 g/mol. The second-order valence-electron chi connectivity index (χ2n) is 6.89. The largest absolute Gasteiger partial charge is 0.497 e. The fraction of sp³-hybridized carbons (Fsp3) is 0.167. The fourth-order valence-electron chi connectivity index (χ4n) is 3.36. The number of rotatable bonds is 7. The maximum Gasteiger partial charge on any atom is 0.240 e. The van der Waals surface area contributed by atoms with Gasteiger partial charge in [0.2, 0.25) is 5.91 Å². The van der Waals surface area contributed by atoms with Crippen molar-refractivity contribution < 1.29 is 9.53 Å². The lowest BCUT2D eigenvalue weighted by Crippen LogP contribution is -2.27. The van der Waals surface area contributed by atoms with E-state index in [2.05, 4.69) is 5.32 Å². The Morgan fingerprint density at radius 1 is 0.931 bits per heavy atom. The van der Waals surface area contributed by atoms with Crippen molar-refractivity contribution in [2.24, 2.45) is 0 Å². The number of imidazole rings is 1. The lowest BCUT2D eigenvalue weighted by molar-refractivity contribution is -0.121. The average Bonchev–Trinajstić information content (AvgIpc) is 3.10. The number of benzene rings is 3. The van der Waals surface area contributed by atoms with E-state index in [0.29, 0.717) is 13.0 Å². The van der Waals surface area contributed by atoms with Gasteiger partial charge in [-0.25, -0.2) is 4.98 Å². The summed E-state index contributed by atoms with van der Waals surface area (Å²) < 4.78 is 7.23. The van der Waals surface area contributed by atoms with Crippen molar-refractivity contribution >= 4 is 16.9 Å². The second-order valence-corrected chi connectivity index (χ2v) is 6.89. The number of hydrogen-bond acceptors (Lipinski definition) is 3. The van der Waals surface area contributed by atoms with E-state index in [0.717, 1.165) is 33.7 Å². The summed E-state index contributed by atoms with van der Waals surface area (Å²) in [7, 11) is 1.66. The number of hydrogen-bond donors (Lipinski definition) is 1. The molecule has 0 bridgehead atoms. The Morgan fingerprint density at radius 2 is 1.66 bits per heavy atom. The number of nitrogens with zero attached hydrogens (tertiary/aromatic N) is 2. The van der Waals surface area contributed by atoms with Gasteiger partial charge >= 0.3 is 0 Å². The van der Waals surface area contributed by atoms with E-state index in [-0.39, 0.29) is 12.5 Å². The highest BCUT2D eigenvalue weighted by atomic mass is 16.5. The molecule has 0 spiro atoms. The van der Waals surface area contributed by atoms with E-state index in [4.69, 9.17) is 9.72 Å². The zero-order valence-corrected chi connectivity index (χ0v) is 16.3. The topological polar surface area (TPSA) is 56.2 Å². The monoisotopic (exact) mass is 385 g/mol. The highest BCUT2D eigenvalue weighted by Gasteiger charge is 2.14. The van der Waals surface area contributed by atoms with Gasteiger partial charge in [-0.05, 0) is 35.4 Å². The molecule has 146 valence electrons. The van der Waals surface area contributed by atoms with Gasteiger partial charge in [-0.1, -0.05) is 54.6 Å². The van der Waals surface area contributed by atoms with Crippen LogP contribution in [0.3, 0.4) is 0 Å². The summed E-state index contributed by atoms with van der Waals surface area (Å²) >= 11 is 0. The van der Waals surface area contributed by atoms with Gasteiger partial charge in [0.1, 0.15) is 18.1 Å². The molecule has 5 heteroatoms. The summed E-state index contributed by atoms with van der Waals surface area (Å²) in [6.07, 6.45) is 0.643. The quantitative estimate of drug-likeness (QED) is 0.524. The molecule has 0 aliphatic rings. The predicted molar refractivity (Wildman–Crippen MR) is 114 cm³/mol. The normalized spacial score (nSPS) is 10.8. The Hall–Kier alpha value is -3.60. The van der Waals surface area contributed by atoms with Crippen LogP contribution in [0.25, 0.3) is 11.0 Å². The lowest BCUT2D eigenvalue weighted by Gasteiger charge is -2.11. The van der Waals surface area contributed by atoms with Crippen molar-refractivity contribution in [3.63, 3.8) is 0 Å². The molecule has 3 aromatic carbocycles. The van der Waals surface area contributed by atoms with Crippen LogP contribution in [0.15, 0.2) is 78.9 Å². The minimum atomic E-state index is -0.0343. The van der Waals surface area contributed by atoms with Crippen LogP contribution in [0.1, 0.15) is 17.0 Å². The number of para-hydroxylation sites is 2. The van der Waals surface area contributed by atoms with E-state index < -0.39 is 0 Å². The molecule has 1 amide bonds. The zero-order valence-electron chi connectivity index (χ0n) is 16.3. The molecule has 0 saturated carbocycles. The Morgan fingerprint density at radius 3 is 2.41 bits per heavy atom. The Kier molecular flexibility index (Phi) is 5.56. The van der Waals surface area contributed by atoms with Crippen LogP contribution in [0, 0.1) is 0 Å². The second kappa shape index (κ2) is 8.61. The molecule has 29 heavy (non-hydrogen) atoms. The molecule has 0 atom stereocenters. The first kappa shape index (κ1) is 18.7. The molecule has 0 unspecified atom stereocenters. The van der Waals surface area contributed by atoms with Gasteiger partial charge in [0.15, 0.2) is 0 Å². The number of carbonyl (C=O) groups is 1. The molecular formula is C24H23N3O2. The first-order valence-electron chi connectivity index (χ1n) is 9.60. The van der Waals surface area contributed by atoms with Crippen LogP contribution in [0.4, 0.5) is 0 Å². The van der Waals surface area contributed by atoms with Gasteiger partial charge in [-0.15, -0.1) is 0 Å². The van der Waals surface area contributed by atoms with Crippen LogP contribution in [0.2, 0.25) is 0 Å². The maximum atomic E-state index is 12.6. The highest BCUT2D eigenvalue weighted by molar-refractivity contribution is 5.81. The van der Waals surface area contributed by atoms with Crippen molar-refractivity contribution in [3.8, 4) is 5.75 Å². The molecule has 4 rings (SSSR count).